The Bertz CT molecular complexity index is 305. The molecule has 0 amide bonds. The quantitative estimate of drug-likeness (QED) is 0.304. The predicted molar refractivity (Wildman–Crippen MR) is 68.4 cm³/mol. The van der Waals surface area contributed by atoms with Crippen LogP contribution in [0.15, 0.2) is 12.2 Å². The van der Waals surface area contributed by atoms with Crippen molar-refractivity contribution < 1.29 is 43.4 Å². The molecule has 120 valence electrons. The third-order valence-electron chi connectivity index (χ3n) is 1.21. The molecule has 0 aromatic rings. The number of hydrogen-bond acceptors (Lipinski definition) is 8. The van der Waals surface area contributed by atoms with Gasteiger partial charge in [0.25, 0.3) is 0 Å². The molecule has 9 nitrogen and oxygen atoms in total. The van der Waals surface area contributed by atoms with Crippen LogP contribution in [-0.2, 0) is 22.9 Å². The number of aliphatic carboxylic acids is 1. The fourth-order valence-electron chi connectivity index (χ4n) is 0.635. The Kier molecular flexibility index (Phi) is 10.8. The number of carbonyl (C=O) groups is 1. The van der Waals surface area contributed by atoms with E-state index in [9.17, 15) is 9.36 Å². The molecule has 0 aromatic heterocycles. The molecule has 3 unspecified atom stereocenters. The van der Waals surface area contributed by atoms with Crippen LogP contribution in [0.4, 0.5) is 0 Å². The lowest BCUT2D eigenvalue weighted by molar-refractivity contribution is -0.132. The molecule has 0 saturated heterocycles. The normalized spacial score (nSPS) is 17.9. The molecule has 3 atom stereocenters. The number of aliphatic hydroxyl groups is 3. The molecule has 0 rings (SSSR count). The van der Waals surface area contributed by atoms with Crippen molar-refractivity contribution in [2.24, 2.45) is 0 Å². The highest BCUT2D eigenvalue weighted by atomic mass is 31.2. The van der Waals surface area contributed by atoms with Gasteiger partial charge in [0.2, 0.25) is 0 Å². The summed E-state index contributed by atoms with van der Waals surface area (Å²) in [6, 6.07) is 0. The van der Waals surface area contributed by atoms with Gasteiger partial charge in [0.1, 0.15) is 0 Å². The molecule has 0 saturated carbocycles. The second-order valence-electron chi connectivity index (χ2n) is 3.65. The number of carboxylic acids is 1. The summed E-state index contributed by atoms with van der Waals surface area (Å²) in [4.78, 5) is 9.60. The Morgan fingerprint density at radius 1 is 1.00 bits per heavy atom. The van der Waals surface area contributed by atoms with Gasteiger partial charge in [-0.15, -0.1) is 0 Å². The molecule has 0 aromatic carbocycles. The standard InChI is InChI=1S/C6H15O7P.C4H6O2/c1-4(7)11-14(10,12-5(2)8)13-6(3)9;1-3(2)4(5)6/h4-9H,1-3H3;1H2,2H3,(H,5,6). The lowest BCUT2D eigenvalue weighted by Crippen LogP contribution is -2.16. The first-order valence-electron chi connectivity index (χ1n) is 5.48. The molecule has 0 aliphatic heterocycles. The van der Waals surface area contributed by atoms with E-state index in [-0.39, 0.29) is 5.57 Å². The fourth-order valence-corrected chi connectivity index (χ4v) is 1.91. The second kappa shape index (κ2) is 10.0. The SMILES string of the molecule is C=C(C)C(=O)O.CC(O)OP(=O)(OC(C)O)OC(C)O. The maximum atomic E-state index is 11.5. The molecule has 4 N–H and O–H groups in total. The van der Waals surface area contributed by atoms with Crippen LogP contribution in [0.2, 0.25) is 0 Å². The van der Waals surface area contributed by atoms with E-state index in [1.54, 1.807) is 0 Å². The average Bonchev–Trinajstić information content (AvgIpc) is 2.12. The van der Waals surface area contributed by atoms with Gasteiger partial charge in [-0.3, -0.25) is 13.6 Å². The molecule has 0 aliphatic rings. The number of rotatable bonds is 7. The zero-order valence-corrected chi connectivity index (χ0v) is 12.6. The summed E-state index contributed by atoms with van der Waals surface area (Å²) < 4.78 is 24.7. The molecule has 0 radical (unpaired) electrons. The Morgan fingerprint density at radius 2 is 1.20 bits per heavy atom. The van der Waals surface area contributed by atoms with Crippen LogP contribution in [0.1, 0.15) is 27.7 Å². The lowest BCUT2D eigenvalue weighted by Gasteiger charge is -2.21. The first-order valence-corrected chi connectivity index (χ1v) is 6.94. The first kappa shape index (κ1) is 21.5. The molecule has 0 fully saturated rings. The summed E-state index contributed by atoms with van der Waals surface area (Å²) >= 11 is 0. The number of carboxylic acid groups (broad SMARTS) is 1. The summed E-state index contributed by atoms with van der Waals surface area (Å²) in [6.45, 7) is 8.15. The minimum absolute atomic E-state index is 0.176. The lowest BCUT2D eigenvalue weighted by atomic mass is 10.4. The first-order chi connectivity index (χ1) is 8.89. The zero-order valence-electron chi connectivity index (χ0n) is 11.7. The molecule has 0 bridgehead atoms. The van der Waals surface area contributed by atoms with Gasteiger partial charge in [0, 0.05) is 5.57 Å². The van der Waals surface area contributed by atoms with Crippen molar-refractivity contribution in [3.63, 3.8) is 0 Å². The third-order valence-corrected chi connectivity index (χ3v) is 2.90. The Labute approximate surface area is 117 Å². The molecule has 20 heavy (non-hydrogen) atoms. The van der Waals surface area contributed by atoms with Gasteiger partial charge in [0.05, 0.1) is 0 Å². The smallest absolute Gasteiger partial charge is 0.478 e. The van der Waals surface area contributed by atoms with Crippen LogP contribution in [0.25, 0.3) is 0 Å². The van der Waals surface area contributed by atoms with Crippen LogP contribution in [0.3, 0.4) is 0 Å². The van der Waals surface area contributed by atoms with E-state index in [1.807, 2.05) is 0 Å². The van der Waals surface area contributed by atoms with E-state index < -0.39 is 32.7 Å². The number of hydrogen-bond donors (Lipinski definition) is 4. The van der Waals surface area contributed by atoms with Crippen molar-refractivity contribution in [1.82, 2.24) is 0 Å². The van der Waals surface area contributed by atoms with Gasteiger partial charge in [-0.25, -0.2) is 9.36 Å². The number of phosphoric ester groups is 1. The highest BCUT2D eigenvalue weighted by Gasteiger charge is 2.32. The van der Waals surface area contributed by atoms with E-state index in [0.717, 1.165) is 0 Å². The van der Waals surface area contributed by atoms with E-state index in [4.69, 9.17) is 20.4 Å². The van der Waals surface area contributed by atoms with Crippen molar-refractivity contribution in [2.75, 3.05) is 0 Å². The van der Waals surface area contributed by atoms with Crippen molar-refractivity contribution in [3.8, 4) is 0 Å². The minimum atomic E-state index is -4.14. The van der Waals surface area contributed by atoms with E-state index in [0.29, 0.717) is 0 Å². The second-order valence-corrected chi connectivity index (χ2v) is 5.17. The predicted octanol–water partition coefficient (Wildman–Crippen LogP) is 0.806. The van der Waals surface area contributed by atoms with Gasteiger partial charge in [0.15, 0.2) is 18.9 Å². The Hall–Kier alpha value is -0.800. The van der Waals surface area contributed by atoms with Crippen molar-refractivity contribution in [1.29, 1.82) is 0 Å². The van der Waals surface area contributed by atoms with Crippen molar-refractivity contribution in [3.05, 3.63) is 12.2 Å². The van der Waals surface area contributed by atoms with Crippen molar-refractivity contribution in [2.45, 2.75) is 46.6 Å². The molecular weight excluding hydrogens is 295 g/mol. The summed E-state index contributed by atoms with van der Waals surface area (Å²) in [7, 11) is -4.14. The van der Waals surface area contributed by atoms with Crippen LogP contribution >= 0.6 is 7.82 Å². The summed E-state index contributed by atoms with van der Waals surface area (Å²) in [5.41, 5.74) is 0.176. The Balaban J connectivity index is 0. The van der Waals surface area contributed by atoms with Gasteiger partial charge in [-0.05, 0) is 27.7 Å². The van der Waals surface area contributed by atoms with E-state index in [1.165, 1.54) is 27.7 Å². The fraction of sp³-hybridized carbons (Fsp3) is 0.700. The average molecular weight is 316 g/mol. The minimum Gasteiger partial charge on any atom is -0.478 e. The topological polar surface area (TPSA) is 143 Å². The number of phosphoric acid groups is 1. The van der Waals surface area contributed by atoms with Crippen LogP contribution < -0.4 is 0 Å². The molecule has 0 spiro atoms. The van der Waals surface area contributed by atoms with E-state index >= 15 is 0 Å². The van der Waals surface area contributed by atoms with Crippen LogP contribution in [0, 0.1) is 0 Å². The maximum Gasteiger partial charge on any atom is 0.481 e. The van der Waals surface area contributed by atoms with Gasteiger partial charge in [-0.2, -0.15) is 0 Å². The monoisotopic (exact) mass is 316 g/mol. The van der Waals surface area contributed by atoms with Crippen LogP contribution in [-0.4, -0.2) is 45.3 Å². The van der Waals surface area contributed by atoms with E-state index in [2.05, 4.69) is 20.2 Å². The molecule has 10 heteroatoms. The molecule has 0 aliphatic carbocycles. The molecular formula is C10H21O9P. The highest BCUT2D eigenvalue weighted by molar-refractivity contribution is 7.48. The molecule has 0 heterocycles. The highest BCUT2D eigenvalue weighted by Crippen LogP contribution is 2.51. The van der Waals surface area contributed by atoms with Crippen LogP contribution in [0.5, 0.6) is 0 Å². The summed E-state index contributed by atoms with van der Waals surface area (Å²) in [5, 5.41) is 34.3. The van der Waals surface area contributed by atoms with Gasteiger partial charge >= 0.3 is 13.8 Å². The van der Waals surface area contributed by atoms with Gasteiger partial charge in [-0.1, -0.05) is 6.58 Å². The number of aliphatic hydroxyl groups excluding tert-OH is 3. The summed E-state index contributed by atoms with van der Waals surface area (Å²) in [6.07, 6.45) is -4.21. The summed E-state index contributed by atoms with van der Waals surface area (Å²) in [5.74, 6) is -0.935. The van der Waals surface area contributed by atoms with Gasteiger partial charge < -0.3 is 20.4 Å². The Morgan fingerprint density at radius 3 is 1.30 bits per heavy atom. The maximum absolute atomic E-state index is 11.5. The third kappa shape index (κ3) is 13.6. The zero-order chi connectivity index (χ0) is 16.5. The van der Waals surface area contributed by atoms with Crippen molar-refractivity contribution >= 4 is 13.8 Å². The largest absolute Gasteiger partial charge is 0.481 e.